The van der Waals surface area contributed by atoms with Crippen molar-refractivity contribution < 1.29 is 0 Å². The van der Waals surface area contributed by atoms with Crippen LogP contribution in [0.1, 0.15) is 34.6 Å². The van der Waals surface area contributed by atoms with Crippen LogP contribution in [0.3, 0.4) is 0 Å². The molecule has 0 amide bonds. The molecule has 1 fully saturated rings. The van der Waals surface area contributed by atoms with Gasteiger partial charge in [0.25, 0.3) is 0 Å². The van der Waals surface area contributed by atoms with Crippen molar-refractivity contribution in [3.63, 3.8) is 0 Å². The number of rotatable bonds is 2. The van der Waals surface area contributed by atoms with E-state index in [4.69, 9.17) is 0 Å². The molecule has 3 nitrogen and oxygen atoms in total. The van der Waals surface area contributed by atoms with Gasteiger partial charge in [-0.15, -0.1) is 0 Å². The van der Waals surface area contributed by atoms with Gasteiger partial charge in [0.2, 0.25) is 0 Å². The number of hydrogen-bond acceptors (Lipinski definition) is 3. The quantitative estimate of drug-likeness (QED) is 0.581. The molecule has 0 saturated carbocycles. The highest BCUT2D eigenvalue weighted by Gasteiger charge is 2.36. The van der Waals surface area contributed by atoms with E-state index in [-0.39, 0.29) is 5.66 Å². The molecule has 1 aliphatic rings. The maximum atomic E-state index is 3.54. The van der Waals surface area contributed by atoms with Crippen molar-refractivity contribution in [2.24, 2.45) is 11.8 Å². The molecule has 0 spiro atoms. The van der Waals surface area contributed by atoms with Crippen molar-refractivity contribution in [3.05, 3.63) is 0 Å². The van der Waals surface area contributed by atoms with E-state index >= 15 is 0 Å². The molecule has 0 bridgehead atoms. The van der Waals surface area contributed by atoms with E-state index in [1.54, 1.807) is 0 Å². The molecule has 1 rings (SSSR count). The minimum Gasteiger partial charge on any atom is -0.282 e. The summed E-state index contributed by atoms with van der Waals surface area (Å²) in [6, 6.07) is 0. The zero-order valence-corrected chi connectivity index (χ0v) is 8.73. The molecule has 12 heavy (non-hydrogen) atoms. The molecule has 1 heterocycles. The topological polar surface area (TPSA) is 36.1 Å². The van der Waals surface area contributed by atoms with Crippen molar-refractivity contribution in [1.82, 2.24) is 16.2 Å². The summed E-state index contributed by atoms with van der Waals surface area (Å²) in [5.74, 6) is 1.19. The largest absolute Gasteiger partial charge is 0.282 e. The van der Waals surface area contributed by atoms with Gasteiger partial charge in [-0.3, -0.25) is 5.32 Å². The Hall–Kier alpha value is -0.120. The molecule has 2 atom stereocenters. The summed E-state index contributed by atoms with van der Waals surface area (Å²) in [5, 5.41) is 3.54. The van der Waals surface area contributed by atoms with E-state index in [0.29, 0.717) is 18.0 Å². The molecule has 3 heteroatoms. The van der Waals surface area contributed by atoms with E-state index in [1.165, 1.54) is 0 Å². The van der Waals surface area contributed by atoms with Gasteiger partial charge < -0.3 is 0 Å². The van der Waals surface area contributed by atoms with Crippen LogP contribution >= 0.6 is 0 Å². The fraction of sp³-hybridized carbons (Fsp3) is 1.00. The molecule has 1 saturated heterocycles. The van der Waals surface area contributed by atoms with Crippen molar-refractivity contribution in [2.45, 2.75) is 46.4 Å². The molecular weight excluding hydrogens is 150 g/mol. The minimum atomic E-state index is 0.0366. The second-order valence-corrected chi connectivity index (χ2v) is 4.49. The maximum Gasteiger partial charge on any atom is 0.0824 e. The Morgan fingerprint density at radius 2 is 1.75 bits per heavy atom. The normalized spacial score (nSPS) is 36.8. The standard InChI is InChI=1S/C9H21N3/c1-6(2)8-10-9(5,7(3)4)12-11-8/h6-8,10-12H,1-5H3. The molecule has 0 radical (unpaired) electrons. The van der Waals surface area contributed by atoms with Crippen LogP contribution in [0.4, 0.5) is 0 Å². The van der Waals surface area contributed by atoms with E-state index in [2.05, 4.69) is 50.8 Å². The average Bonchev–Trinajstić information content (AvgIpc) is 2.33. The van der Waals surface area contributed by atoms with Gasteiger partial charge in [0.05, 0.1) is 11.8 Å². The third-order valence-corrected chi connectivity index (χ3v) is 2.76. The lowest BCUT2D eigenvalue weighted by molar-refractivity contribution is 0.247. The molecule has 1 aliphatic heterocycles. The summed E-state index contributed by atoms with van der Waals surface area (Å²) in [6.07, 6.45) is 0.386. The number of hydrazine groups is 1. The third kappa shape index (κ3) is 1.79. The predicted octanol–water partition coefficient (Wildman–Crippen LogP) is 1.04. The first-order valence-corrected chi connectivity index (χ1v) is 4.76. The highest BCUT2D eigenvalue weighted by Crippen LogP contribution is 2.18. The summed E-state index contributed by atoms with van der Waals surface area (Å²) < 4.78 is 0. The highest BCUT2D eigenvalue weighted by molar-refractivity contribution is 4.91. The Morgan fingerprint density at radius 3 is 2.00 bits per heavy atom. The molecular formula is C9H21N3. The third-order valence-electron chi connectivity index (χ3n) is 2.76. The van der Waals surface area contributed by atoms with E-state index < -0.39 is 0 Å². The van der Waals surface area contributed by atoms with E-state index in [9.17, 15) is 0 Å². The fourth-order valence-corrected chi connectivity index (χ4v) is 1.27. The summed E-state index contributed by atoms with van der Waals surface area (Å²) in [7, 11) is 0. The van der Waals surface area contributed by atoms with Crippen LogP contribution in [0.2, 0.25) is 0 Å². The fourth-order valence-electron chi connectivity index (χ4n) is 1.27. The molecule has 0 aromatic carbocycles. The van der Waals surface area contributed by atoms with Gasteiger partial charge in [0, 0.05) is 0 Å². The van der Waals surface area contributed by atoms with Crippen LogP contribution in [0.5, 0.6) is 0 Å². The second-order valence-electron chi connectivity index (χ2n) is 4.49. The summed E-state index contributed by atoms with van der Waals surface area (Å²) in [4.78, 5) is 0. The zero-order valence-electron chi connectivity index (χ0n) is 8.73. The Labute approximate surface area is 75.3 Å². The van der Waals surface area contributed by atoms with Crippen molar-refractivity contribution >= 4 is 0 Å². The summed E-state index contributed by atoms with van der Waals surface area (Å²) in [5.41, 5.74) is 6.61. The monoisotopic (exact) mass is 171 g/mol. The lowest BCUT2D eigenvalue weighted by Crippen LogP contribution is -2.52. The van der Waals surface area contributed by atoms with E-state index in [1.807, 2.05) is 0 Å². The molecule has 0 aromatic rings. The van der Waals surface area contributed by atoms with Gasteiger partial charge in [-0.1, -0.05) is 27.7 Å². The maximum absolute atomic E-state index is 3.54. The Kier molecular flexibility index (Phi) is 2.76. The first-order valence-electron chi connectivity index (χ1n) is 4.76. The first kappa shape index (κ1) is 9.96. The minimum absolute atomic E-state index is 0.0366. The van der Waals surface area contributed by atoms with Gasteiger partial charge in [0.15, 0.2) is 0 Å². The Morgan fingerprint density at radius 1 is 1.17 bits per heavy atom. The molecule has 72 valence electrons. The Balaban J connectivity index is 2.55. The lowest BCUT2D eigenvalue weighted by atomic mass is 9.98. The van der Waals surface area contributed by atoms with Crippen LogP contribution in [0.15, 0.2) is 0 Å². The Bertz CT molecular complexity index is 156. The van der Waals surface area contributed by atoms with E-state index in [0.717, 1.165) is 0 Å². The predicted molar refractivity (Wildman–Crippen MR) is 51.3 cm³/mol. The van der Waals surface area contributed by atoms with Crippen molar-refractivity contribution in [1.29, 1.82) is 0 Å². The SMILES string of the molecule is CC(C)C1NNC(C)(C(C)C)N1. The van der Waals surface area contributed by atoms with Gasteiger partial charge in [-0.2, -0.15) is 0 Å². The lowest BCUT2D eigenvalue weighted by Gasteiger charge is -2.29. The summed E-state index contributed by atoms with van der Waals surface area (Å²) >= 11 is 0. The van der Waals surface area contributed by atoms with Crippen molar-refractivity contribution in [3.8, 4) is 0 Å². The molecule has 0 aromatic heterocycles. The molecule has 0 aliphatic carbocycles. The van der Waals surface area contributed by atoms with Crippen LogP contribution < -0.4 is 16.2 Å². The number of nitrogens with one attached hydrogen (secondary N) is 3. The van der Waals surface area contributed by atoms with Crippen LogP contribution in [0, 0.1) is 11.8 Å². The van der Waals surface area contributed by atoms with Gasteiger partial charge in [-0.05, 0) is 18.8 Å². The van der Waals surface area contributed by atoms with Gasteiger partial charge >= 0.3 is 0 Å². The van der Waals surface area contributed by atoms with Crippen LogP contribution in [-0.2, 0) is 0 Å². The molecule has 2 unspecified atom stereocenters. The van der Waals surface area contributed by atoms with Gasteiger partial charge in [0.1, 0.15) is 0 Å². The average molecular weight is 171 g/mol. The zero-order chi connectivity index (χ0) is 9.35. The number of hydrogen-bond donors (Lipinski definition) is 3. The van der Waals surface area contributed by atoms with Crippen LogP contribution in [-0.4, -0.2) is 11.8 Å². The van der Waals surface area contributed by atoms with Crippen LogP contribution in [0.25, 0.3) is 0 Å². The van der Waals surface area contributed by atoms with Gasteiger partial charge in [-0.25, -0.2) is 10.9 Å². The van der Waals surface area contributed by atoms with Crippen molar-refractivity contribution in [2.75, 3.05) is 0 Å². The second kappa shape index (κ2) is 3.32. The molecule has 3 N–H and O–H groups in total. The first-order chi connectivity index (χ1) is 5.46. The highest BCUT2D eigenvalue weighted by atomic mass is 15.6. The smallest absolute Gasteiger partial charge is 0.0824 e. The summed E-state index contributed by atoms with van der Waals surface area (Å²) in [6.45, 7) is 11.0.